The summed E-state index contributed by atoms with van der Waals surface area (Å²) in [6, 6.07) is 20.5. The number of ether oxygens (including phenoxy) is 1. The molecule has 0 fully saturated rings. The fraction of sp³-hybridized carbons (Fsp3) is 0.0370. The van der Waals surface area contributed by atoms with Gasteiger partial charge in [0.2, 0.25) is 0 Å². The SMILES string of the molecule is Cc1ccc(/C=N/NC(=O)c2cc(Oc3ccc(NC(=O)Nc4ccc(Cl)c([N+](=O)[O-])c4)cc3)ccn2)cc1. The normalized spacial score (nSPS) is 10.6. The van der Waals surface area contributed by atoms with Crippen molar-refractivity contribution in [1.82, 2.24) is 10.4 Å². The summed E-state index contributed by atoms with van der Waals surface area (Å²) in [6.45, 7) is 1.98. The lowest BCUT2D eigenvalue weighted by Gasteiger charge is -2.10. The van der Waals surface area contributed by atoms with Crippen molar-refractivity contribution in [2.75, 3.05) is 10.6 Å². The Morgan fingerprint density at radius 1 is 0.949 bits per heavy atom. The highest BCUT2D eigenvalue weighted by atomic mass is 35.5. The number of halogens is 1. The molecule has 39 heavy (non-hydrogen) atoms. The van der Waals surface area contributed by atoms with E-state index < -0.39 is 16.9 Å². The summed E-state index contributed by atoms with van der Waals surface area (Å²) < 4.78 is 5.79. The zero-order valence-electron chi connectivity index (χ0n) is 20.4. The third-order valence-corrected chi connectivity index (χ3v) is 5.49. The van der Waals surface area contributed by atoms with Gasteiger partial charge < -0.3 is 15.4 Å². The second-order valence-electron chi connectivity index (χ2n) is 8.12. The molecule has 4 aromatic rings. The van der Waals surface area contributed by atoms with Crippen molar-refractivity contribution in [3.63, 3.8) is 0 Å². The zero-order chi connectivity index (χ0) is 27.8. The number of carbonyl (C=O) groups is 2. The predicted molar refractivity (Wildman–Crippen MR) is 148 cm³/mol. The molecule has 196 valence electrons. The first-order valence-electron chi connectivity index (χ1n) is 11.4. The van der Waals surface area contributed by atoms with Crippen molar-refractivity contribution in [3.05, 3.63) is 117 Å². The molecule has 0 radical (unpaired) electrons. The van der Waals surface area contributed by atoms with Gasteiger partial charge in [-0.05, 0) is 55.0 Å². The van der Waals surface area contributed by atoms with E-state index in [1.165, 1.54) is 36.7 Å². The minimum atomic E-state index is -0.636. The molecule has 0 aliphatic heterocycles. The van der Waals surface area contributed by atoms with Gasteiger partial charge in [-0.25, -0.2) is 10.2 Å². The first-order chi connectivity index (χ1) is 18.8. The molecule has 11 nitrogen and oxygen atoms in total. The van der Waals surface area contributed by atoms with E-state index in [2.05, 4.69) is 26.1 Å². The molecule has 0 aliphatic carbocycles. The van der Waals surface area contributed by atoms with Crippen LogP contribution in [-0.4, -0.2) is 28.1 Å². The van der Waals surface area contributed by atoms with E-state index in [1.54, 1.807) is 30.3 Å². The highest BCUT2D eigenvalue weighted by molar-refractivity contribution is 6.32. The number of anilines is 2. The molecule has 3 N–H and O–H groups in total. The number of aryl methyl sites for hydroxylation is 1. The van der Waals surface area contributed by atoms with Crippen LogP contribution in [-0.2, 0) is 0 Å². The molecule has 12 heteroatoms. The molecule has 0 atom stereocenters. The van der Waals surface area contributed by atoms with Gasteiger partial charge in [-0.1, -0.05) is 41.4 Å². The third kappa shape index (κ3) is 7.60. The Labute approximate surface area is 227 Å². The van der Waals surface area contributed by atoms with E-state index in [1.807, 2.05) is 31.2 Å². The lowest BCUT2D eigenvalue weighted by molar-refractivity contribution is -0.384. The summed E-state index contributed by atoms with van der Waals surface area (Å²) in [5.41, 5.74) is 4.86. The molecular weight excluding hydrogens is 524 g/mol. The van der Waals surface area contributed by atoms with Crippen molar-refractivity contribution in [2.24, 2.45) is 5.10 Å². The Hall–Kier alpha value is -5.29. The number of aromatic nitrogens is 1. The number of hydrazone groups is 1. The fourth-order valence-corrected chi connectivity index (χ4v) is 3.43. The van der Waals surface area contributed by atoms with Crippen LogP contribution in [0, 0.1) is 17.0 Å². The number of nitrogens with zero attached hydrogens (tertiary/aromatic N) is 3. The minimum Gasteiger partial charge on any atom is -0.457 e. The Bertz CT molecular complexity index is 1540. The largest absolute Gasteiger partial charge is 0.457 e. The van der Waals surface area contributed by atoms with Crippen LogP contribution in [0.5, 0.6) is 11.5 Å². The van der Waals surface area contributed by atoms with E-state index in [-0.39, 0.29) is 22.1 Å². The molecule has 0 saturated carbocycles. The van der Waals surface area contributed by atoms with E-state index >= 15 is 0 Å². The summed E-state index contributed by atoms with van der Waals surface area (Å²) in [6.07, 6.45) is 2.97. The molecule has 0 spiro atoms. The van der Waals surface area contributed by atoms with E-state index in [4.69, 9.17) is 16.3 Å². The van der Waals surface area contributed by atoms with Crippen molar-refractivity contribution >= 4 is 46.8 Å². The number of carbonyl (C=O) groups excluding carboxylic acids is 2. The van der Waals surface area contributed by atoms with Gasteiger partial charge in [0, 0.05) is 29.7 Å². The van der Waals surface area contributed by atoms with Crippen molar-refractivity contribution in [1.29, 1.82) is 0 Å². The number of benzene rings is 3. The number of amides is 3. The van der Waals surface area contributed by atoms with Crippen LogP contribution < -0.4 is 20.8 Å². The second kappa shape index (κ2) is 12.3. The number of rotatable bonds is 8. The number of hydrogen-bond donors (Lipinski definition) is 3. The summed E-state index contributed by atoms with van der Waals surface area (Å²) in [5, 5.41) is 20.1. The Balaban J connectivity index is 1.32. The molecule has 3 amide bonds. The molecule has 3 aromatic carbocycles. The van der Waals surface area contributed by atoms with Gasteiger partial charge in [-0.2, -0.15) is 5.10 Å². The van der Waals surface area contributed by atoms with Gasteiger partial charge in [-0.15, -0.1) is 0 Å². The lowest BCUT2D eigenvalue weighted by Crippen LogP contribution is -2.19. The Morgan fingerprint density at radius 2 is 1.64 bits per heavy atom. The number of urea groups is 1. The molecule has 4 rings (SSSR count). The fourth-order valence-electron chi connectivity index (χ4n) is 3.24. The average Bonchev–Trinajstić information content (AvgIpc) is 2.92. The van der Waals surface area contributed by atoms with Crippen LogP contribution in [0.1, 0.15) is 21.6 Å². The summed E-state index contributed by atoms with van der Waals surface area (Å²) in [4.78, 5) is 39.1. The Kier molecular flexibility index (Phi) is 8.44. The first kappa shape index (κ1) is 26.8. The number of nitro groups is 1. The van der Waals surface area contributed by atoms with E-state index in [0.29, 0.717) is 17.2 Å². The molecule has 0 bridgehead atoms. The molecule has 1 aromatic heterocycles. The average molecular weight is 545 g/mol. The smallest absolute Gasteiger partial charge is 0.323 e. The topological polar surface area (TPSA) is 148 Å². The van der Waals surface area contributed by atoms with Crippen molar-refractivity contribution < 1.29 is 19.2 Å². The zero-order valence-corrected chi connectivity index (χ0v) is 21.2. The monoisotopic (exact) mass is 544 g/mol. The van der Waals surface area contributed by atoms with Gasteiger partial charge >= 0.3 is 6.03 Å². The highest BCUT2D eigenvalue weighted by Gasteiger charge is 2.14. The van der Waals surface area contributed by atoms with Crippen LogP contribution in [0.15, 0.2) is 90.2 Å². The minimum absolute atomic E-state index is 0.0323. The number of pyridine rings is 1. The summed E-state index contributed by atoms with van der Waals surface area (Å²) >= 11 is 5.79. The van der Waals surface area contributed by atoms with Gasteiger partial charge in [0.25, 0.3) is 11.6 Å². The molecule has 0 unspecified atom stereocenters. The maximum absolute atomic E-state index is 12.4. The Morgan fingerprint density at radius 3 is 2.36 bits per heavy atom. The van der Waals surface area contributed by atoms with Gasteiger partial charge in [0.1, 0.15) is 22.2 Å². The quantitative estimate of drug-likeness (QED) is 0.138. The summed E-state index contributed by atoms with van der Waals surface area (Å²) in [5.74, 6) is 0.324. The van der Waals surface area contributed by atoms with Crippen LogP contribution in [0.3, 0.4) is 0 Å². The van der Waals surface area contributed by atoms with Gasteiger partial charge in [0.05, 0.1) is 11.1 Å². The lowest BCUT2D eigenvalue weighted by atomic mass is 10.2. The van der Waals surface area contributed by atoms with E-state index in [0.717, 1.165) is 11.1 Å². The first-order valence-corrected chi connectivity index (χ1v) is 11.8. The maximum Gasteiger partial charge on any atom is 0.323 e. The van der Waals surface area contributed by atoms with Crippen LogP contribution in [0.4, 0.5) is 21.9 Å². The molecular formula is C27H21ClN6O5. The number of nitro benzene ring substituents is 1. The second-order valence-corrected chi connectivity index (χ2v) is 8.52. The summed E-state index contributed by atoms with van der Waals surface area (Å²) in [7, 11) is 0. The molecule has 1 heterocycles. The van der Waals surface area contributed by atoms with Crippen molar-refractivity contribution in [3.8, 4) is 11.5 Å². The van der Waals surface area contributed by atoms with Crippen LogP contribution in [0.2, 0.25) is 5.02 Å². The number of nitrogens with one attached hydrogen (secondary N) is 3. The van der Waals surface area contributed by atoms with E-state index in [9.17, 15) is 19.7 Å². The number of hydrogen-bond acceptors (Lipinski definition) is 7. The van der Waals surface area contributed by atoms with Crippen LogP contribution >= 0.6 is 11.6 Å². The predicted octanol–water partition coefficient (Wildman–Crippen LogP) is 6.15. The van der Waals surface area contributed by atoms with Crippen molar-refractivity contribution in [2.45, 2.75) is 6.92 Å². The molecule has 0 aliphatic rings. The van der Waals surface area contributed by atoms with Crippen LogP contribution in [0.25, 0.3) is 0 Å². The van der Waals surface area contributed by atoms with Gasteiger partial charge in [0.15, 0.2) is 0 Å². The standard InChI is InChI=1S/C27H21ClN6O5/c1-17-2-4-18(5-3-17)16-30-33-26(35)24-15-22(12-13-29-24)39-21-9-6-19(7-10-21)31-27(36)32-20-8-11-23(28)25(14-20)34(37)38/h2-16H,1H3,(H,33,35)(H2,31,32,36)/b30-16+. The highest BCUT2D eigenvalue weighted by Crippen LogP contribution is 2.28. The van der Waals surface area contributed by atoms with Gasteiger partial charge in [-0.3, -0.25) is 19.9 Å². The molecule has 0 saturated heterocycles. The maximum atomic E-state index is 12.4. The third-order valence-electron chi connectivity index (χ3n) is 5.17.